The third-order valence-corrected chi connectivity index (χ3v) is 4.02. The Morgan fingerprint density at radius 3 is 1.48 bits per heavy atom. The van der Waals surface area contributed by atoms with Crippen LogP contribution in [0.1, 0.15) is 15.7 Å². The van der Waals surface area contributed by atoms with Gasteiger partial charge in [-0.25, -0.2) is 13.9 Å². The van der Waals surface area contributed by atoms with Gasteiger partial charge in [-0.3, -0.25) is 14.1 Å². The number of phosphoric ester groups is 1. The predicted molar refractivity (Wildman–Crippen MR) is 61.1 cm³/mol. The van der Waals surface area contributed by atoms with Gasteiger partial charge in [0, 0.05) is 0 Å². The monoisotopic (exact) mass is 400 g/mol. The summed E-state index contributed by atoms with van der Waals surface area (Å²) >= 11 is 0. The maximum atomic E-state index is 11.3. The molecule has 6 N–H and O–H groups in total. The van der Waals surface area contributed by atoms with Crippen LogP contribution in [0.2, 0.25) is 0 Å². The molecule has 0 spiro atoms. The van der Waals surface area contributed by atoms with Crippen molar-refractivity contribution in [3.8, 4) is 0 Å². The number of carboxylic acids is 3. The molecule has 0 heterocycles. The van der Waals surface area contributed by atoms with Crippen molar-refractivity contribution < 1.29 is 124 Å². The molecule has 0 aliphatic rings. The van der Waals surface area contributed by atoms with E-state index in [0.717, 1.165) is 0 Å². The van der Waals surface area contributed by atoms with Gasteiger partial charge in [-0.05, 0) is 0 Å². The van der Waals surface area contributed by atoms with Gasteiger partial charge in [0.1, 0.15) is 0 Å². The van der Waals surface area contributed by atoms with E-state index >= 15 is 0 Å². The van der Waals surface area contributed by atoms with Crippen LogP contribution in [0.4, 0.5) is 0 Å². The molecule has 0 aliphatic heterocycles. The smallest absolute Gasteiger partial charge is 1.00 e. The first-order valence-electron chi connectivity index (χ1n) is 4.66. The molecule has 0 aliphatic carbocycles. The summed E-state index contributed by atoms with van der Waals surface area (Å²) in [4.78, 5) is 57.9. The third-order valence-electron chi connectivity index (χ3n) is 1.76. The maximum absolute atomic E-state index is 11.3. The minimum atomic E-state index is -5.77. The Labute approximate surface area is 175 Å². The van der Waals surface area contributed by atoms with E-state index in [1.165, 1.54) is 0 Å². The van der Waals surface area contributed by atoms with Crippen LogP contribution in [-0.4, -0.2) is 53.5 Å². The molecule has 1 atom stereocenters. The van der Waals surface area contributed by atoms with Gasteiger partial charge in [0.05, 0.1) is 12.8 Å². The molecule has 1 unspecified atom stereocenters. The average Bonchev–Trinajstić information content (AvgIpc) is 2.08. The molecule has 0 aromatic rings. The Balaban J connectivity index is -0.000000333. The summed E-state index contributed by atoms with van der Waals surface area (Å²) in [6.45, 7) is 0. The van der Waals surface area contributed by atoms with E-state index < -0.39 is 52.0 Å². The largest absolute Gasteiger partial charge is 1.00 e. The molecule has 17 heteroatoms. The molecule has 0 rings (SSSR count). The average molecular weight is 400 g/mol. The van der Waals surface area contributed by atoms with Gasteiger partial charge in [0.2, 0.25) is 0 Å². The van der Waals surface area contributed by atoms with Crippen LogP contribution in [0.5, 0.6) is 0 Å². The van der Waals surface area contributed by atoms with Gasteiger partial charge in [-0.2, -0.15) is 4.31 Å². The van der Waals surface area contributed by atoms with Crippen LogP contribution in [0.25, 0.3) is 0 Å². The Bertz CT molecular complexity index is 535. The topological polar surface area (TPSA) is 225 Å². The second-order valence-electron chi connectivity index (χ2n) is 3.57. The van der Waals surface area contributed by atoms with Crippen molar-refractivity contribution in [1.29, 1.82) is 0 Å². The number of carboxylic acid groups (broad SMARTS) is 3. The normalized spacial score (nSPS) is 13.9. The minimum absolute atomic E-state index is 0. The predicted octanol–water partition coefficient (Wildman–Crippen LogP) is -6.78. The van der Waals surface area contributed by atoms with Gasteiger partial charge in [0.25, 0.3) is 0 Å². The summed E-state index contributed by atoms with van der Waals surface area (Å²) in [5.74, 6) is -6.07. The van der Waals surface area contributed by atoms with E-state index in [0.29, 0.717) is 0 Å². The summed E-state index contributed by atoms with van der Waals surface area (Å²) in [6, 6.07) is 0. The maximum Gasteiger partial charge on any atom is 1.00 e. The molecule has 0 bridgehead atoms. The van der Waals surface area contributed by atoms with Gasteiger partial charge in [-0.1, -0.05) is 0 Å². The summed E-state index contributed by atoms with van der Waals surface area (Å²) in [7, 11) is -11.4. The van der Waals surface area contributed by atoms with Crippen molar-refractivity contribution in [2.24, 2.45) is 0 Å². The van der Waals surface area contributed by atoms with Gasteiger partial charge < -0.3 is 32.9 Å². The van der Waals surface area contributed by atoms with E-state index in [1.54, 1.807) is 0 Å². The fourth-order valence-corrected chi connectivity index (χ4v) is 3.04. The van der Waals surface area contributed by atoms with Crippen molar-refractivity contribution in [1.82, 2.24) is 0 Å². The van der Waals surface area contributed by atoms with Crippen molar-refractivity contribution in [3.63, 3.8) is 0 Å². The third kappa shape index (κ3) is 11.8. The Hall–Kier alpha value is 0.670. The summed E-state index contributed by atoms with van der Waals surface area (Å²) < 4.78 is 28.9. The fraction of sp³-hybridized carbons (Fsp3) is 0.500. The number of hydrogen-bond acceptors (Lipinski definition) is 7. The number of hydrogen-bond donors (Lipinski definition) is 6. The molecule has 0 radical (unpaired) electrons. The Morgan fingerprint density at radius 2 is 1.26 bits per heavy atom. The fourth-order valence-electron chi connectivity index (χ4n) is 1.18. The zero-order valence-corrected chi connectivity index (χ0v) is 17.6. The number of rotatable bonds is 9. The standard InChI is InChI=1S/C6H10O13P2.2Na.2H/c7-3(8)1-6(5(11)12,2-4(9)10)18-21(16,17)19-20(13,14)15;;;;/h1-2H2,(H,7,8)(H,9,10)(H,11,12)(H,16,17)(H2,13,14,15);;;;/q;2*+1;2*-1. The van der Waals surface area contributed by atoms with Crippen LogP contribution in [0.3, 0.4) is 0 Å². The zero-order chi connectivity index (χ0) is 17.1. The Morgan fingerprint density at radius 1 is 0.913 bits per heavy atom. The van der Waals surface area contributed by atoms with Crippen LogP contribution < -0.4 is 59.1 Å². The van der Waals surface area contributed by atoms with Crippen molar-refractivity contribution >= 4 is 33.6 Å². The van der Waals surface area contributed by atoms with E-state index in [2.05, 4.69) is 8.83 Å². The summed E-state index contributed by atoms with van der Waals surface area (Å²) in [5, 5.41) is 25.9. The van der Waals surface area contributed by atoms with Gasteiger partial charge in [-0.15, -0.1) is 0 Å². The van der Waals surface area contributed by atoms with Crippen molar-refractivity contribution in [2.45, 2.75) is 18.4 Å². The number of aliphatic carboxylic acids is 3. The molecule has 0 amide bonds. The summed E-state index contributed by atoms with van der Waals surface area (Å²) in [6.07, 6.45) is -3.16. The van der Waals surface area contributed by atoms with Crippen LogP contribution >= 0.6 is 15.6 Å². The zero-order valence-electron chi connectivity index (χ0n) is 13.8. The molecule has 0 aromatic carbocycles. The number of carbonyl (C=O) groups is 3. The summed E-state index contributed by atoms with van der Waals surface area (Å²) in [5.41, 5.74) is -3.27. The minimum Gasteiger partial charge on any atom is -1.00 e. The second kappa shape index (κ2) is 10.6. The molecule has 13 nitrogen and oxygen atoms in total. The first-order chi connectivity index (χ1) is 9.19. The van der Waals surface area contributed by atoms with Crippen LogP contribution in [0, 0.1) is 0 Å². The van der Waals surface area contributed by atoms with Crippen molar-refractivity contribution in [2.75, 3.05) is 0 Å². The number of phosphoric acid groups is 2. The van der Waals surface area contributed by atoms with E-state index in [1.807, 2.05) is 0 Å². The van der Waals surface area contributed by atoms with Crippen LogP contribution in [0.15, 0.2) is 0 Å². The van der Waals surface area contributed by atoms with E-state index in [-0.39, 0.29) is 62.0 Å². The van der Waals surface area contributed by atoms with Gasteiger partial charge >= 0.3 is 92.7 Å². The second-order valence-corrected chi connectivity index (χ2v) is 6.33. The van der Waals surface area contributed by atoms with E-state index in [4.69, 9.17) is 30.0 Å². The quantitative estimate of drug-likeness (QED) is 0.156. The van der Waals surface area contributed by atoms with Gasteiger partial charge in [0.15, 0.2) is 5.60 Å². The molecule has 0 saturated carbocycles. The van der Waals surface area contributed by atoms with Crippen molar-refractivity contribution in [3.05, 3.63) is 0 Å². The molecule has 0 aromatic heterocycles. The molecule has 0 fully saturated rings. The molecule has 23 heavy (non-hydrogen) atoms. The molecular formula is C6H12Na2O13P2. The molecule has 126 valence electrons. The van der Waals surface area contributed by atoms with Crippen LogP contribution in [-0.2, 0) is 32.3 Å². The first-order valence-corrected chi connectivity index (χ1v) is 7.69. The van der Waals surface area contributed by atoms with E-state index in [9.17, 15) is 23.5 Å². The first kappa shape index (κ1) is 28.5. The Kier molecular flexibility index (Phi) is 13.1. The molecular weight excluding hydrogens is 388 g/mol. The molecule has 0 saturated heterocycles. The SMILES string of the molecule is O=C(O)CC(CC(=O)O)(OP(=O)(O)OP(=O)(O)O)C(=O)O.[H-].[H-].[Na+].[Na+].